The van der Waals surface area contributed by atoms with Gasteiger partial charge in [-0.1, -0.05) is 13.3 Å². The Balaban J connectivity index is 2.97. The Kier molecular flexibility index (Phi) is 8.57. The maximum Gasteiger partial charge on any atom is 0.0664 e. The summed E-state index contributed by atoms with van der Waals surface area (Å²) in [5.41, 5.74) is 0. The standard InChI is InChI=1S/C8H19NOS/c1-3-4-8(10)7-9-5-6-11-2/h8-10H,3-7H2,1-2H3. The second-order valence-electron chi connectivity index (χ2n) is 2.64. The van der Waals surface area contributed by atoms with E-state index >= 15 is 0 Å². The highest BCUT2D eigenvalue weighted by Crippen LogP contribution is 1.94. The van der Waals surface area contributed by atoms with Gasteiger partial charge in [0, 0.05) is 18.8 Å². The molecule has 0 aliphatic rings. The van der Waals surface area contributed by atoms with Crippen molar-refractivity contribution in [3.8, 4) is 0 Å². The van der Waals surface area contributed by atoms with Gasteiger partial charge in [0.1, 0.15) is 0 Å². The molecule has 0 radical (unpaired) electrons. The van der Waals surface area contributed by atoms with Crippen molar-refractivity contribution in [3.05, 3.63) is 0 Å². The maximum atomic E-state index is 9.28. The number of aliphatic hydroxyl groups is 1. The van der Waals surface area contributed by atoms with Gasteiger partial charge in [0.2, 0.25) is 0 Å². The lowest BCUT2D eigenvalue weighted by Gasteiger charge is -2.09. The van der Waals surface area contributed by atoms with E-state index in [0.29, 0.717) is 0 Å². The van der Waals surface area contributed by atoms with Crippen LogP contribution in [0.5, 0.6) is 0 Å². The first kappa shape index (κ1) is 11.3. The Labute approximate surface area is 73.8 Å². The van der Waals surface area contributed by atoms with E-state index < -0.39 is 0 Å². The summed E-state index contributed by atoms with van der Waals surface area (Å²) >= 11 is 1.82. The highest BCUT2D eigenvalue weighted by molar-refractivity contribution is 7.98. The fraction of sp³-hybridized carbons (Fsp3) is 1.00. The largest absolute Gasteiger partial charge is 0.392 e. The zero-order chi connectivity index (χ0) is 8.53. The van der Waals surface area contributed by atoms with Crippen molar-refractivity contribution >= 4 is 11.8 Å². The molecule has 3 heteroatoms. The van der Waals surface area contributed by atoms with Crippen LogP contribution in [0.25, 0.3) is 0 Å². The Morgan fingerprint density at radius 1 is 1.55 bits per heavy atom. The normalized spacial score (nSPS) is 13.4. The quantitative estimate of drug-likeness (QED) is 0.571. The SMILES string of the molecule is CCCC(O)CNCCSC. The molecule has 0 spiro atoms. The summed E-state index contributed by atoms with van der Waals surface area (Å²) in [6.45, 7) is 3.83. The van der Waals surface area contributed by atoms with E-state index in [9.17, 15) is 5.11 Å². The van der Waals surface area contributed by atoms with Crippen LogP contribution in [0.1, 0.15) is 19.8 Å². The molecule has 0 aromatic carbocycles. The third-order valence-corrected chi connectivity index (χ3v) is 2.10. The van der Waals surface area contributed by atoms with Gasteiger partial charge >= 0.3 is 0 Å². The second kappa shape index (κ2) is 8.37. The zero-order valence-corrected chi connectivity index (χ0v) is 8.28. The number of rotatable bonds is 7. The molecule has 0 saturated heterocycles. The van der Waals surface area contributed by atoms with Crippen LogP contribution in [0, 0.1) is 0 Å². The molecule has 0 fully saturated rings. The van der Waals surface area contributed by atoms with Gasteiger partial charge in [-0.05, 0) is 12.7 Å². The van der Waals surface area contributed by atoms with Gasteiger partial charge in [-0.25, -0.2) is 0 Å². The van der Waals surface area contributed by atoms with E-state index in [4.69, 9.17) is 0 Å². The third-order valence-electron chi connectivity index (χ3n) is 1.48. The predicted octanol–water partition coefficient (Wildman–Crippen LogP) is 1.10. The second-order valence-corrected chi connectivity index (χ2v) is 3.63. The highest BCUT2D eigenvalue weighted by atomic mass is 32.2. The molecule has 1 atom stereocenters. The van der Waals surface area contributed by atoms with Crippen molar-refractivity contribution in [2.45, 2.75) is 25.9 Å². The van der Waals surface area contributed by atoms with Crippen molar-refractivity contribution in [3.63, 3.8) is 0 Å². The molecule has 11 heavy (non-hydrogen) atoms. The first-order valence-electron chi connectivity index (χ1n) is 4.19. The highest BCUT2D eigenvalue weighted by Gasteiger charge is 1.99. The molecule has 0 aliphatic heterocycles. The van der Waals surface area contributed by atoms with E-state index in [1.807, 2.05) is 11.8 Å². The summed E-state index contributed by atoms with van der Waals surface area (Å²) in [4.78, 5) is 0. The molecule has 0 saturated carbocycles. The molecule has 0 aromatic rings. The fourth-order valence-corrected chi connectivity index (χ4v) is 1.23. The Hall–Kier alpha value is 0.270. The van der Waals surface area contributed by atoms with Crippen LogP contribution in [-0.2, 0) is 0 Å². The molecular formula is C8H19NOS. The summed E-state index contributed by atoms with van der Waals surface area (Å²) < 4.78 is 0. The first-order chi connectivity index (χ1) is 5.31. The molecule has 2 nitrogen and oxygen atoms in total. The molecule has 0 bridgehead atoms. The smallest absolute Gasteiger partial charge is 0.0664 e. The molecule has 0 aliphatic carbocycles. The lowest BCUT2D eigenvalue weighted by Crippen LogP contribution is -2.28. The molecule has 0 aromatic heterocycles. The average Bonchev–Trinajstić information content (AvgIpc) is 1.99. The number of hydrogen-bond acceptors (Lipinski definition) is 3. The lowest BCUT2D eigenvalue weighted by atomic mass is 10.2. The third kappa shape index (κ3) is 8.17. The number of thioether (sulfide) groups is 1. The van der Waals surface area contributed by atoms with Crippen molar-refractivity contribution in [2.75, 3.05) is 25.1 Å². The lowest BCUT2D eigenvalue weighted by molar-refractivity contribution is 0.161. The fourth-order valence-electron chi connectivity index (χ4n) is 0.878. The van der Waals surface area contributed by atoms with Crippen molar-refractivity contribution in [2.24, 2.45) is 0 Å². The Morgan fingerprint density at radius 3 is 2.82 bits per heavy atom. The molecule has 1 unspecified atom stereocenters. The minimum Gasteiger partial charge on any atom is -0.392 e. The van der Waals surface area contributed by atoms with Crippen LogP contribution >= 0.6 is 11.8 Å². The molecular weight excluding hydrogens is 158 g/mol. The molecule has 68 valence electrons. The van der Waals surface area contributed by atoms with E-state index in [2.05, 4.69) is 18.5 Å². The van der Waals surface area contributed by atoms with Gasteiger partial charge in [0.25, 0.3) is 0 Å². The van der Waals surface area contributed by atoms with Crippen molar-refractivity contribution in [1.29, 1.82) is 0 Å². The number of hydrogen-bond donors (Lipinski definition) is 2. The van der Waals surface area contributed by atoms with Gasteiger partial charge in [0.15, 0.2) is 0 Å². The summed E-state index contributed by atoms with van der Waals surface area (Å²) in [5.74, 6) is 1.12. The van der Waals surface area contributed by atoms with Gasteiger partial charge < -0.3 is 10.4 Å². The Morgan fingerprint density at radius 2 is 2.27 bits per heavy atom. The van der Waals surface area contributed by atoms with Gasteiger partial charge in [-0.15, -0.1) is 0 Å². The van der Waals surface area contributed by atoms with E-state index in [1.165, 1.54) is 0 Å². The molecule has 0 rings (SSSR count). The minimum atomic E-state index is -0.151. The molecule has 0 heterocycles. The van der Waals surface area contributed by atoms with Crippen LogP contribution in [-0.4, -0.2) is 36.3 Å². The van der Waals surface area contributed by atoms with E-state index in [1.54, 1.807) is 0 Å². The first-order valence-corrected chi connectivity index (χ1v) is 5.58. The molecule has 2 N–H and O–H groups in total. The summed E-state index contributed by atoms with van der Waals surface area (Å²) in [6.07, 6.45) is 3.91. The topological polar surface area (TPSA) is 32.3 Å². The summed E-state index contributed by atoms with van der Waals surface area (Å²) in [6, 6.07) is 0. The van der Waals surface area contributed by atoms with Crippen molar-refractivity contribution < 1.29 is 5.11 Å². The molecule has 0 amide bonds. The van der Waals surface area contributed by atoms with E-state index in [-0.39, 0.29) is 6.10 Å². The predicted molar refractivity (Wildman–Crippen MR) is 52.2 cm³/mol. The van der Waals surface area contributed by atoms with Gasteiger partial charge in [-0.3, -0.25) is 0 Å². The van der Waals surface area contributed by atoms with Crippen LogP contribution in [0.3, 0.4) is 0 Å². The van der Waals surface area contributed by atoms with Crippen LogP contribution in [0.15, 0.2) is 0 Å². The number of aliphatic hydroxyl groups excluding tert-OH is 1. The van der Waals surface area contributed by atoms with Gasteiger partial charge in [0.05, 0.1) is 6.10 Å². The van der Waals surface area contributed by atoms with Crippen LogP contribution in [0.4, 0.5) is 0 Å². The maximum absolute atomic E-state index is 9.28. The number of nitrogens with one attached hydrogen (secondary N) is 1. The van der Waals surface area contributed by atoms with Gasteiger partial charge in [-0.2, -0.15) is 11.8 Å². The monoisotopic (exact) mass is 177 g/mol. The summed E-state index contributed by atoms with van der Waals surface area (Å²) in [7, 11) is 0. The minimum absolute atomic E-state index is 0.151. The summed E-state index contributed by atoms with van der Waals surface area (Å²) in [5, 5.41) is 12.5. The van der Waals surface area contributed by atoms with Crippen LogP contribution < -0.4 is 5.32 Å². The van der Waals surface area contributed by atoms with Crippen molar-refractivity contribution in [1.82, 2.24) is 5.32 Å². The zero-order valence-electron chi connectivity index (χ0n) is 7.47. The Bertz CT molecular complexity index is 80.5. The van der Waals surface area contributed by atoms with E-state index in [0.717, 1.165) is 31.7 Å². The average molecular weight is 177 g/mol. The van der Waals surface area contributed by atoms with Crippen LogP contribution in [0.2, 0.25) is 0 Å².